The van der Waals surface area contributed by atoms with Crippen LogP contribution < -0.4 is 5.32 Å². The number of hydrogen-bond acceptors (Lipinski definition) is 3. The minimum atomic E-state index is 0.366. The summed E-state index contributed by atoms with van der Waals surface area (Å²) in [5, 5.41) is 3.29. The van der Waals surface area contributed by atoms with Crippen LogP contribution in [0, 0.1) is 0 Å². The predicted molar refractivity (Wildman–Crippen MR) is 74.7 cm³/mol. The van der Waals surface area contributed by atoms with Gasteiger partial charge in [-0.1, -0.05) is 30.3 Å². The van der Waals surface area contributed by atoms with Crippen LogP contribution >= 0.6 is 0 Å². The molecule has 0 bridgehead atoms. The second-order valence-corrected chi connectivity index (χ2v) is 5.25. The summed E-state index contributed by atoms with van der Waals surface area (Å²) in [6.07, 6.45) is 5.96. The Hall–Kier alpha value is -1.32. The minimum absolute atomic E-state index is 0.366. The molecule has 3 heteroatoms. The van der Waals surface area contributed by atoms with E-state index in [2.05, 4.69) is 35.7 Å². The maximum Gasteiger partial charge on any atom is 0.103 e. The lowest BCUT2D eigenvalue weighted by Gasteiger charge is -2.36. The van der Waals surface area contributed by atoms with Crippen molar-refractivity contribution in [3.63, 3.8) is 0 Å². The van der Waals surface area contributed by atoms with Crippen molar-refractivity contribution in [2.24, 2.45) is 0 Å². The second kappa shape index (κ2) is 6.22. The van der Waals surface area contributed by atoms with Crippen LogP contribution in [0.15, 0.2) is 42.2 Å². The zero-order chi connectivity index (χ0) is 12.9. The van der Waals surface area contributed by atoms with Crippen LogP contribution in [0.1, 0.15) is 24.8 Å². The summed E-state index contributed by atoms with van der Waals surface area (Å²) in [6, 6.07) is 10.3. The second-order valence-electron chi connectivity index (χ2n) is 5.25. The van der Waals surface area contributed by atoms with Crippen LogP contribution in [0.25, 0.3) is 0 Å². The minimum Gasteiger partial charge on any atom is -0.495 e. The first-order valence-corrected chi connectivity index (χ1v) is 7.12. The first-order valence-electron chi connectivity index (χ1n) is 7.12. The monoisotopic (exact) mass is 259 g/mol. The van der Waals surface area contributed by atoms with Crippen molar-refractivity contribution in [2.75, 3.05) is 13.1 Å². The molecule has 1 aliphatic heterocycles. The van der Waals surface area contributed by atoms with Gasteiger partial charge in [0.25, 0.3) is 0 Å². The fraction of sp³-hybridized carbons (Fsp3) is 0.500. The number of rotatable bonds is 5. The number of ether oxygens (including phenoxy) is 2. The van der Waals surface area contributed by atoms with Gasteiger partial charge in [-0.05, 0) is 11.6 Å². The third kappa shape index (κ3) is 3.58. The lowest BCUT2D eigenvalue weighted by molar-refractivity contribution is -0.0901. The third-order valence-corrected chi connectivity index (χ3v) is 3.72. The molecule has 1 fully saturated rings. The van der Waals surface area contributed by atoms with Crippen LogP contribution in [0.2, 0.25) is 0 Å². The Balaban J connectivity index is 1.35. The van der Waals surface area contributed by atoms with Crippen molar-refractivity contribution in [1.29, 1.82) is 0 Å². The van der Waals surface area contributed by atoms with Gasteiger partial charge in [0, 0.05) is 32.4 Å². The normalized spacial score (nSPS) is 26.4. The molecule has 102 valence electrons. The summed E-state index contributed by atoms with van der Waals surface area (Å²) >= 11 is 0. The molecule has 1 heterocycles. The van der Waals surface area contributed by atoms with Crippen LogP contribution in [0.5, 0.6) is 0 Å². The van der Waals surface area contributed by atoms with E-state index in [0.717, 1.165) is 38.1 Å². The first kappa shape index (κ1) is 12.7. The van der Waals surface area contributed by atoms with Crippen molar-refractivity contribution in [2.45, 2.75) is 38.1 Å². The molecule has 19 heavy (non-hydrogen) atoms. The molecule has 0 aromatic heterocycles. The fourth-order valence-electron chi connectivity index (χ4n) is 2.46. The molecule has 1 aliphatic carbocycles. The average Bonchev–Trinajstić information content (AvgIpc) is 2.43. The molecule has 1 N–H and O–H groups in total. The van der Waals surface area contributed by atoms with Gasteiger partial charge in [0.2, 0.25) is 0 Å². The van der Waals surface area contributed by atoms with E-state index in [4.69, 9.17) is 9.47 Å². The van der Waals surface area contributed by atoms with E-state index in [-0.39, 0.29) is 0 Å². The fourth-order valence-corrected chi connectivity index (χ4v) is 2.46. The Morgan fingerprint density at radius 1 is 1.11 bits per heavy atom. The van der Waals surface area contributed by atoms with Crippen molar-refractivity contribution in [3.8, 4) is 0 Å². The summed E-state index contributed by atoms with van der Waals surface area (Å²) in [5.41, 5.74) is 1.24. The summed E-state index contributed by atoms with van der Waals surface area (Å²) in [4.78, 5) is 0. The van der Waals surface area contributed by atoms with Gasteiger partial charge in [-0.3, -0.25) is 0 Å². The molecule has 0 amide bonds. The smallest absolute Gasteiger partial charge is 0.103 e. The van der Waals surface area contributed by atoms with E-state index in [9.17, 15) is 0 Å². The zero-order valence-corrected chi connectivity index (χ0v) is 11.2. The van der Waals surface area contributed by atoms with E-state index in [1.54, 1.807) is 0 Å². The SMILES string of the molecule is C1=C(OC2CC(OCc3ccccc3)C2)CCNC1. The quantitative estimate of drug-likeness (QED) is 0.881. The topological polar surface area (TPSA) is 30.5 Å². The molecule has 3 nitrogen and oxygen atoms in total. The van der Waals surface area contributed by atoms with E-state index in [0.29, 0.717) is 18.8 Å². The Morgan fingerprint density at radius 3 is 2.68 bits per heavy atom. The van der Waals surface area contributed by atoms with Crippen molar-refractivity contribution < 1.29 is 9.47 Å². The Morgan fingerprint density at radius 2 is 1.95 bits per heavy atom. The van der Waals surface area contributed by atoms with Gasteiger partial charge < -0.3 is 14.8 Å². The standard InChI is InChI=1S/C16H21NO2/c1-2-4-13(5-3-1)12-18-15-10-16(11-15)19-14-6-8-17-9-7-14/h1-6,15-17H,7-12H2. The molecule has 1 saturated carbocycles. The molecule has 3 rings (SSSR count). The van der Waals surface area contributed by atoms with Gasteiger partial charge in [0.1, 0.15) is 6.10 Å². The molecular formula is C16H21NO2. The maximum atomic E-state index is 5.95. The molecule has 1 aromatic rings. The molecule has 0 spiro atoms. The molecule has 0 radical (unpaired) electrons. The van der Waals surface area contributed by atoms with Crippen molar-refractivity contribution in [1.82, 2.24) is 5.32 Å². The lowest BCUT2D eigenvalue weighted by Crippen LogP contribution is -2.38. The molecule has 2 aliphatic rings. The van der Waals surface area contributed by atoms with E-state index < -0.39 is 0 Å². The van der Waals surface area contributed by atoms with Gasteiger partial charge in [-0.15, -0.1) is 0 Å². The lowest BCUT2D eigenvalue weighted by atomic mass is 9.91. The van der Waals surface area contributed by atoms with Gasteiger partial charge >= 0.3 is 0 Å². The summed E-state index contributed by atoms with van der Waals surface area (Å²) in [5.74, 6) is 1.16. The van der Waals surface area contributed by atoms with Crippen LogP contribution in [-0.2, 0) is 16.1 Å². The maximum absolute atomic E-state index is 5.95. The Bertz CT molecular complexity index is 424. The summed E-state index contributed by atoms with van der Waals surface area (Å²) in [6.45, 7) is 2.69. The van der Waals surface area contributed by atoms with Crippen LogP contribution in [-0.4, -0.2) is 25.3 Å². The summed E-state index contributed by atoms with van der Waals surface area (Å²) < 4.78 is 11.8. The third-order valence-electron chi connectivity index (χ3n) is 3.72. The predicted octanol–water partition coefficient (Wildman–Crippen LogP) is 2.63. The highest BCUT2D eigenvalue weighted by atomic mass is 16.5. The highest BCUT2D eigenvalue weighted by molar-refractivity contribution is 5.13. The highest BCUT2D eigenvalue weighted by Gasteiger charge is 2.32. The number of nitrogens with one attached hydrogen (secondary N) is 1. The average molecular weight is 259 g/mol. The molecule has 0 unspecified atom stereocenters. The summed E-state index contributed by atoms with van der Waals surface area (Å²) in [7, 11) is 0. The van der Waals surface area contributed by atoms with Crippen LogP contribution in [0.3, 0.4) is 0 Å². The molecule has 0 atom stereocenters. The van der Waals surface area contributed by atoms with Crippen molar-refractivity contribution in [3.05, 3.63) is 47.7 Å². The molecule has 0 saturated heterocycles. The van der Waals surface area contributed by atoms with Gasteiger partial charge in [0.05, 0.1) is 18.5 Å². The molecule has 1 aromatic carbocycles. The first-order chi connectivity index (χ1) is 9.40. The highest BCUT2D eigenvalue weighted by Crippen LogP contribution is 2.29. The van der Waals surface area contributed by atoms with Crippen LogP contribution in [0.4, 0.5) is 0 Å². The Kier molecular flexibility index (Phi) is 4.16. The van der Waals surface area contributed by atoms with Gasteiger partial charge in [0.15, 0.2) is 0 Å². The number of benzene rings is 1. The number of hydrogen-bond donors (Lipinski definition) is 1. The molecular weight excluding hydrogens is 238 g/mol. The van der Waals surface area contributed by atoms with Crippen molar-refractivity contribution >= 4 is 0 Å². The van der Waals surface area contributed by atoms with E-state index >= 15 is 0 Å². The Labute approximate surface area is 114 Å². The largest absolute Gasteiger partial charge is 0.495 e. The van der Waals surface area contributed by atoms with Gasteiger partial charge in [-0.25, -0.2) is 0 Å². The zero-order valence-electron chi connectivity index (χ0n) is 11.2. The van der Waals surface area contributed by atoms with E-state index in [1.807, 2.05) is 6.07 Å². The van der Waals surface area contributed by atoms with E-state index in [1.165, 1.54) is 5.56 Å². The van der Waals surface area contributed by atoms with Gasteiger partial charge in [-0.2, -0.15) is 0 Å².